The van der Waals surface area contributed by atoms with Crippen molar-refractivity contribution in [3.05, 3.63) is 64.8 Å². The Morgan fingerprint density at radius 3 is 2.50 bits per heavy atom. The van der Waals surface area contributed by atoms with E-state index in [0.29, 0.717) is 16.5 Å². The van der Waals surface area contributed by atoms with Crippen LogP contribution in [0.4, 0.5) is 13.2 Å². The van der Waals surface area contributed by atoms with Gasteiger partial charge in [0.05, 0.1) is 34.5 Å². The molecule has 0 saturated heterocycles. The first-order valence-electron chi connectivity index (χ1n) is 6.89. The molecule has 124 valence electrons. The second-order valence-corrected chi connectivity index (χ2v) is 5.43. The zero-order valence-corrected chi connectivity index (χ0v) is 13.2. The van der Waals surface area contributed by atoms with Crippen molar-refractivity contribution in [2.75, 3.05) is 7.11 Å². The van der Waals surface area contributed by atoms with E-state index in [0.717, 1.165) is 6.07 Å². The summed E-state index contributed by atoms with van der Waals surface area (Å²) in [5, 5.41) is 0.170. The van der Waals surface area contributed by atoms with Gasteiger partial charge in [-0.2, -0.15) is 13.2 Å². The van der Waals surface area contributed by atoms with Crippen molar-refractivity contribution in [3.63, 3.8) is 0 Å². The highest BCUT2D eigenvalue weighted by Gasteiger charge is 2.34. The van der Waals surface area contributed by atoms with E-state index in [1.165, 1.54) is 23.8 Å². The Balaban J connectivity index is 2.24. The smallest absolute Gasteiger partial charge is 0.417 e. The summed E-state index contributed by atoms with van der Waals surface area (Å²) in [6.07, 6.45) is -2.98. The van der Waals surface area contributed by atoms with Crippen molar-refractivity contribution >= 4 is 28.5 Å². The lowest BCUT2D eigenvalue weighted by atomic mass is 10.1. The van der Waals surface area contributed by atoms with Gasteiger partial charge in [-0.05, 0) is 30.3 Å². The molecule has 0 spiro atoms. The molecule has 24 heavy (non-hydrogen) atoms. The van der Waals surface area contributed by atoms with E-state index in [-0.39, 0.29) is 5.69 Å². The van der Waals surface area contributed by atoms with Gasteiger partial charge in [-0.1, -0.05) is 23.7 Å². The van der Waals surface area contributed by atoms with Crippen molar-refractivity contribution in [2.45, 2.75) is 6.18 Å². The van der Waals surface area contributed by atoms with Gasteiger partial charge in [-0.3, -0.25) is 0 Å². The number of fused-ring (bicyclic) bond motifs is 1. The molecule has 0 aliphatic heterocycles. The highest BCUT2D eigenvalue weighted by atomic mass is 35.5. The van der Waals surface area contributed by atoms with Crippen molar-refractivity contribution in [2.24, 2.45) is 0 Å². The number of nitrogens with zero attached hydrogens (tertiary/aromatic N) is 1. The van der Waals surface area contributed by atoms with Gasteiger partial charge >= 0.3 is 12.1 Å². The number of alkyl halides is 3. The minimum absolute atomic E-state index is 0.184. The Labute approximate surface area is 140 Å². The highest BCUT2D eigenvalue weighted by molar-refractivity contribution is 6.33. The topological polar surface area (TPSA) is 31.2 Å². The summed E-state index contributed by atoms with van der Waals surface area (Å²) in [5.41, 5.74) is 0.159. The van der Waals surface area contributed by atoms with Gasteiger partial charge in [0.15, 0.2) is 0 Å². The minimum Gasteiger partial charge on any atom is -0.465 e. The third-order valence-corrected chi connectivity index (χ3v) is 4.08. The predicted molar refractivity (Wildman–Crippen MR) is 84.6 cm³/mol. The lowest BCUT2D eigenvalue weighted by molar-refractivity contribution is -0.137. The molecule has 3 nitrogen and oxygen atoms in total. The van der Waals surface area contributed by atoms with Crippen LogP contribution in [-0.4, -0.2) is 17.6 Å². The van der Waals surface area contributed by atoms with Gasteiger partial charge in [0, 0.05) is 11.6 Å². The van der Waals surface area contributed by atoms with Gasteiger partial charge < -0.3 is 9.30 Å². The number of benzene rings is 2. The third kappa shape index (κ3) is 2.63. The molecule has 1 heterocycles. The van der Waals surface area contributed by atoms with Crippen LogP contribution in [0.25, 0.3) is 16.6 Å². The summed E-state index contributed by atoms with van der Waals surface area (Å²) in [5.74, 6) is -0.520. The maximum atomic E-state index is 13.0. The maximum absolute atomic E-state index is 13.0. The highest BCUT2D eigenvalue weighted by Crippen LogP contribution is 2.38. The molecule has 0 amide bonds. The molecule has 0 unspecified atom stereocenters. The second kappa shape index (κ2) is 5.87. The molecule has 1 aromatic heterocycles. The first kappa shape index (κ1) is 16.4. The van der Waals surface area contributed by atoms with Crippen LogP contribution in [0.1, 0.15) is 15.9 Å². The largest absolute Gasteiger partial charge is 0.465 e. The third-order valence-electron chi connectivity index (χ3n) is 3.68. The lowest BCUT2D eigenvalue weighted by Gasteiger charge is -2.14. The number of hydrogen-bond donors (Lipinski definition) is 0. The fourth-order valence-electron chi connectivity index (χ4n) is 2.59. The molecule has 3 aromatic rings. The summed E-state index contributed by atoms with van der Waals surface area (Å²) in [6.45, 7) is 0. The van der Waals surface area contributed by atoms with Crippen LogP contribution in [0.5, 0.6) is 0 Å². The molecule has 2 aromatic carbocycles. The van der Waals surface area contributed by atoms with Gasteiger partial charge in [0.2, 0.25) is 0 Å². The normalized spacial score (nSPS) is 11.7. The van der Waals surface area contributed by atoms with Crippen LogP contribution in [-0.2, 0) is 10.9 Å². The summed E-state index contributed by atoms with van der Waals surface area (Å²) >= 11 is 5.98. The number of rotatable bonds is 2. The molecule has 3 rings (SSSR count). The average molecular weight is 354 g/mol. The van der Waals surface area contributed by atoms with Crippen LogP contribution in [0, 0.1) is 0 Å². The summed E-state index contributed by atoms with van der Waals surface area (Å²) in [6, 6.07) is 10.3. The number of esters is 1. The van der Waals surface area contributed by atoms with Crippen molar-refractivity contribution in [3.8, 4) is 5.69 Å². The van der Waals surface area contributed by atoms with Crippen LogP contribution in [0.15, 0.2) is 48.7 Å². The molecule has 0 aliphatic rings. The number of carbonyl (C=O) groups is 1. The summed E-state index contributed by atoms with van der Waals surface area (Å²) in [7, 11) is 1.27. The van der Waals surface area contributed by atoms with Crippen molar-refractivity contribution in [1.29, 1.82) is 0 Å². The first-order valence-corrected chi connectivity index (χ1v) is 7.27. The van der Waals surface area contributed by atoms with Crippen LogP contribution < -0.4 is 0 Å². The van der Waals surface area contributed by atoms with Crippen molar-refractivity contribution in [1.82, 2.24) is 4.57 Å². The van der Waals surface area contributed by atoms with E-state index < -0.39 is 22.7 Å². The second-order valence-electron chi connectivity index (χ2n) is 5.05. The van der Waals surface area contributed by atoms with Crippen LogP contribution >= 0.6 is 11.6 Å². The molecule has 0 saturated carbocycles. The average Bonchev–Trinajstić information content (AvgIpc) is 2.97. The zero-order valence-electron chi connectivity index (χ0n) is 12.4. The lowest BCUT2D eigenvalue weighted by Crippen LogP contribution is -2.08. The molecule has 0 atom stereocenters. The molecule has 0 N–H and O–H groups in total. The van der Waals surface area contributed by atoms with E-state index >= 15 is 0 Å². The minimum atomic E-state index is -4.55. The number of halogens is 4. The monoisotopic (exact) mass is 353 g/mol. The van der Waals surface area contributed by atoms with Gasteiger partial charge in [0.1, 0.15) is 0 Å². The van der Waals surface area contributed by atoms with Crippen LogP contribution in [0.3, 0.4) is 0 Å². The fourth-order valence-corrected chi connectivity index (χ4v) is 2.91. The number of ether oxygens (including phenoxy) is 1. The van der Waals surface area contributed by atoms with Crippen LogP contribution in [0.2, 0.25) is 5.02 Å². The van der Waals surface area contributed by atoms with Gasteiger partial charge in [-0.15, -0.1) is 0 Å². The zero-order chi connectivity index (χ0) is 17.5. The Morgan fingerprint density at radius 2 is 1.83 bits per heavy atom. The van der Waals surface area contributed by atoms with E-state index in [1.54, 1.807) is 30.5 Å². The predicted octanol–water partition coefficient (Wildman–Crippen LogP) is 5.09. The molecular formula is C17H11ClF3NO2. The first-order chi connectivity index (χ1) is 11.3. The number of methoxy groups -OCH3 is 1. The van der Waals surface area contributed by atoms with Gasteiger partial charge in [0.25, 0.3) is 0 Å². The van der Waals surface area contributed by atoms with Crippen molar-refractivity contribution < 1.29 is 22.7 Å². The Hall–Kier alpha value is -2.47. The SMILES string of the molecule is COC(=O)c1cccc2c1ccn2-c1cccc(C(F)(F)F)c1Cl. The summed E-state index contributed by atoms with van der Waals surface area (Å²) < 4.78 is 45.4. The molecule has 0 fully saturated rings. The van der Waals surface area contributed by atoms with E-state index in [9.17, 15) is 18.0 Å². The van der Waals surface area contributed by atoms with E-state index in [4.69, 9.17) is 16.3 Å². The van der Waals surface area contributed by atoms with E-state index in [2.05, 4.69) is 0 Å². The molecule has 0 bridgehead atoms. The van der Waals surface area contributed by atoms with Gasteiger partial charge in [-0.25, -0.2) is 4.79 Å². The Morgan fingerprint density at radius 1 is 1.12 bits per heavy atom. The molecule has 7 heteroatoms. The number of aromatic nitrogens is 1. The Kier molecular flexibility index (Phi) is 4.01. The summed E-state index contributed by atoms with van der Waals surface area (Å²) in [4.78, 5) is 11.8. The standard InChI is InChI=1S/C17H11ClF3NO2/c1-24-16(23)11-4-2-6-13-10(11)8-9-22(13)14-7-3-5-12(15(14)18)17(19,20)21/h2-9H,1H3. The maximum Gasteiger partial charge on any atom is 0.417 e. The van der Waals surface area contributed by atoms with E-state index in [1.807, 2.05) is 0 Å². The molecule has 0 radical (unpaired) electrons. The number of carbonyl (C=O) groups excluding carboxylic acids is 1. The quantitative estimate of drug-likeness (QED) is 0.601. The molecule has 0 aliphatic carbocycles. The number of hydrogen-bond acceptors (Lipinski definition) is 2. The molecular weight excluding hydrogens is 343 g/mol. The Bertz CT molecular complexity index is 931. The fraction of sp³-hybridized carbons (Fsp3) is 0.118.